The van der Waals surface area contributed by atoms with Crippen molar-refractivity contribution in [3.63, 3.8) is 0 Å². The van der Waals surface area contributed by atoms with Crippen molar-refractivity contribution >= 4 is 17.4 Å². The van der Waals surface area contributed by atoms with Gasteiger partial charge in [0, 0.05) is 24.5 Å². The highest BCUT2D eigenvalue weighted by Gasteiger charge is 2.26. The fourth-order valence-corrected chi connectivity index (χ4v) is 2.55. The summed E-state index contributed by atoms with van der Waals surface area (Å²) in [6, 6.07) is 7.75. The first-order valence-electron chi connectivity index (χ1n) is 7.56. The van der Waals surface area contributed by atoms with Crippen molar-refractivity contribution in [3.05, 3.63) is 24.3 Å². The highest BCUT2D eigenvalue weighted by Crippen LogP contribution is 2.21. The lowest BCUT2D eigenvalue weighted by Gasteiger charge is -2.24. The third-order valence-electron chi connectivity index (χ3n) is 4.08. The minimum atomic E-state index is -0.422. The van der Waals surface area contributed by atoms with Crippen molar-refractivity contribution in [3.8, 4) is 0 Å². The average molecular weight is 291 g/mol. The molecule has 5 heteroatoms. The molecule has 1 aromatic carbocycles. The van der Waals surface area contributed by atoms with Crippen LogP contribution in [0.5, 0.6) is 0 Å². The molecule has 0 aliphatic heterocycles. The fourth-order valence-electron chi connectivity index (χ4n) is 2.55. The summed E-state index contributed by atoms with van der Waals surface area (Å²) in [5.41, 5.74) is 1.81. The van der Waals surface area contributed by atoms with Crippen LogP contribution in [-0.2, 0) is 0 Å². The van der Waals surface area contributed by atoms with Crippen molar-refractivity contribution < 1.29 is 9.90 Å². The van der Waals surface area contributed by atoms with Crippen LogP contribution >= 0.6 is 0 Å². The quantitative estimate of drug-likeness (QED) is 0.799. The molecule has 5 nitrogen and oxygen atoms in total. The van der Waals surface area contributed by atoms with Crippen LogP contribution in [0.2, 0.25) is 0 Å². The Labute approximate surface area is 126 Å². The molecule has 2 rings (SSSR count). The van der Waals surface area contributed by atoms with E-state index in [1.165, 1.54) is 0 Å². The fraction of sp³-hybridized carbons (Fsp3) is 0.562. The van der Waals surface area contributed by atoms with Gasteiger partial charge in [-0.15, -0.1) is 0 Å². The van der Waals surface area contributed by atoms with Crippen LogP contribution in [0.3, 0.4) is 0 Å². The number of anilines is 2. The van der Waals surface area contributed by atoms with E-state index in [4.69, 9.17) is 0 Å². The van der Waals surface area contributed by atoms with Gasteiger partial charge in [-0.3, -0.25) is 0 Å². The average Bonchev–Trinajstić information content (AvgIpc) is 2.83. The van der Waals surface area contributed by atoms with Crippen LogP contribution in [0, 0.1) is 0 Å². The van der Waals surface area contributed by atoms with Crippen LogP contribution < -0.4 is 15.5 Å². The van der Waals surface area contributed by atoms with Gasteiger partial charge < -0.3 is 20.6 Å². The van der Waals surface area contributed by atoms with Crippen LogP contribution in [0.4, 0.5) is 16.2 Å². The largest absolute Gasteiger partial charge is 0.391 e. The van der Waals surface area contributed by atoms with Crippen molar-refractivity contribution in [2.24, 2.45) is 0 Å². The molecule has 0 bridgehead atoms. The molecule has 21 heavy (non-hydrogen) atoms. The van der Waals surface area contributed by atoms with E-state index in [-0.39, 0.29) is 12.1 Å². The summed E-state index contributed by atoms with van der Waals surface area (Å²) in [6.07, 6.45) is 2.14. The van der Waals surface area contributed by atoms with Gasteiger partial charge in [0.1, 0.15) is 0 Å². The highest BCUT2D eigenvalue weighted by atomic mass is 16.3. The number of aliphatic hydroxyl groups excluding tert-OH is 1. The number of nitrogens with zero attached hydrogens (tertiary/aromatic N) is 1. The van der Waals surface area contributed by atoms with Gasteiger partial charge >= 0.3 is 6.03 Å². The number of benzene rings is 1. The normalized spacial score (nSPS) is 21.4. The van der Waals surface area contributed by atoms with Crippen molar-refractivity contribution in [1.82, 2.24) is 5.32 Å². The number of nitrogens with one attached hydrogen (secondary N) is 2. The van der Waals surface area contributed by atoms with Gasteiger partial charge in [0.2, 0.25) is 0 Å². The first-order valence-corrected chi connectivity index (χ1v) is 7.56. The summed E-state index contributed by atoms with van der Waals surface area (Å²) >= 11 is 0. The molecule has 2 atom stereocenters. The SMILES string of the molecule is CC(C)N(C)c1cccc(NC(=O)NC2CCCC2O)c1. The number of carbonyl (C=O) groups excluding carboxylic acids is 1. The van der Waals surface area contributed by atoms with Gasteiger partial charge in [-0.25, -0.2) is 4.79 Å². The summed E-state index contributed by atoms with van der Waals surface area (Å²) in [5, 5.41) is 15.4. The standard InChI is InChI=1S/C16H25N3O2/c1-11(2)19(3)13-7-4-6-12(10-13)17-16(21)18-14-8-5-9-15(14)20/h4,6-7,10-11,14-15,20H,5,8-9H2,1-3H3,(H2,17,18,21). The molecular formula is C16H25N3O2. The lowest BCUT2D eigenvalue weighted by atomic mass is 10.2. The second kappa shape index (κ2) is 6.80. The summed E-state index contributed by atoms with van der Waals surface area (Å²) in [5.74, 6) is 0. The highest BCUT2D eigenvalue weighted by molar-refractivity contribution is 5.90. The maximum atomic E-state index is 12.0. The predicted molar refractivity (Wildman–Crippen MR) is 85.8 cm³/mol. The number of rotatable bonds is 4. The third-order valence-corrected chi connectivity index (χ3v) is 4.08. The van der Waals surface area contributed by atoms with Crippen LogP contribution in [0.1, 0.15) is 33.1 Å². The van der Waals surface area contributed by atoms with Gasteiger partial charge in [0.05, 0.1) is 12.1 Å². The molecule has 0 aromatic heterocycles. The molecule has 1 aliphatic carbocycles. The Kier molecular flexibility index (Phi) is 5.07. The van der Waals surface area contributed by atoms with Gasteiger partial charge in [-0.1, -0.05) is 6.07 Å². The molecule has 0 heterocycles. The molecule has 1 saturated carbocycles. The predicted octanol–water partition coefficient (Wildman–Crippen LogP) is 2.57. The van der Waals surface area contributed by atoms with E-state index >= 15 is 0 Å². The van der Waals surface area contributed by atoms with Crippen molar-refractivity contribution in [2.75, 3.05) is 17.3 Å². The van der Waals surface area contributed by atoms with E-state index < -0.39 is 6.10 Å². The smallest absolute Gasteiger partial charge is 0.319 e. The van der Waals surface area contributed by atoms with E-state index in [0.717, 1.165) is 30.6 Å². The molecule has 116 valence electrons. The molecule has 0 saturated heterocycles. The summed E-state index contributed by atoms with van der Waals surface area (Å²) < 4.78 is 0. The molecule has 2 unspecified atom stereocenters. The third kappa shape index (κ3) is 4.11. The molecule has 2 amide bonds. The number of carbonyl (C=O) groups is 1. The van der Waals surface area contributed by atoms with Crippen molar-refractivity contribution in [1.29, 1.82) is 0 Å². The number of hydrogen-bond acceptors (Lipinski definition) is 3. The van der Waals surface area contributed by atoms with Crippen LogP contribution in [-0.4, -0.2) is 36.4 Å². The molecule has 0 radical (unpaired) electrons. The van der Waals surface area contributed by atoms with Crippen LogP contribution in [0.25, 0.3) is 0 Å². The maximum absolute atomic E-state index is 12.0. The topological polar surface area (TPSA) is 64.6 Å². The Morgan fingerprint density at radius 1 is 1.38 bits per heavy atom. The first kappa shape index (κ1) is 15.6. The molecule has 1 aromatic rings. The first-order chi connectivity index (χ1) is 9.97. The number of urea groups is 1. The van der Waals surface area contributed by atoms with Gasteiger partial charge in [0.15, 0.2) is 0 Å². The maximum Gasteiger partial charge on any atom is 0.319 e. The lowest BCUT2D eigenvalue weighted by molar-refractivity contribution is 0.151. The van der Waals surface area contributed by atoms with Gasteiger partial charge in [-0.05, 0) is 51.3 Å². The number of hydrogen-bond donors (Lipinski definition) is 3. The van der Waals surface area contributed by atoms with Gasteiger partial charge in [0.25, 0.3) is 0 Å². The van der Waals surface area contributed by atoms with E-state index in [1.807, 2.05) is 31.3 Å². The number of aliphatic hydroxyl groups is 1. The minimum Gasteiger partial charge on any atom is -0.391 e. The summed E-state index contributed by atoms with van der Waals surface area (Å²) in [7, 11) is 2.03. The second-order valence-electron chi connectivity index (χ2n) is 5.96. The zero-order chi connectivity index (χ0) is 15.4. The molecule has 1 fully saturated rings. The summed E-state index contributed by atoms with van der Waals surface area (Å²) in [6.45, 7) is 4.24. The molecule has 0 spiro atoms. The Bertz CT molecular complexity index is 490. The van der Waals surface area contributed by atoms with Gasteiger partial charge in [-0.2, -0.15) is 0 Å². The zero-order valence-corrected chi connectivity index (χ0v) is 13.0. The van der Waals surface area contributed by atoms with Crippen LogP contribution in [0.15, 0.2) is 24.3 Å². The summed E-state index contributed by atoms with van der Waals surface area (Å²) in [4.78, 5) is 14.1. The van der Waals surface area contributed by atoms with E-state index in [2.05, 4.69) is 29.4 Å². The van der Waals surface area contributed by atoms with Crippen molar-refractivity contribution in [2.45, 2.75) is 51.3 Å². The zero-order valence-electron chi connectivity index (χ0n) is 13.0. The van der Waals surface area contributed by atoms with E-state index in [0.29, 0.717) is 6.04 Å². The Balaban J connectivity index is 1.96. The lowest BCUT2D eigenvalue weighted by Crippen LogP contribution is -2.42. The molecule has 1 aliphatic rings. The van der Waals surface area contributed by atoms with E-state index in [1.54, 1.807) is 0 Å². The molecular weight excluding hydrogens is 266 g/mol. The Morgan fingerprint density at radius 2 is 2.14 bits per heavy atom. The number of amides is 2. The van der Waals surface area contributed by atoms with E-state index in [9.17, 15) is 9.90 Å². The Hall–Kier alpha value is -1.75. The second-order valence-corrected chi connectivity index (χ2v) is 5.96. The molecule has 3 N–H and O–H groups in total. The Morgan fingerprint density at radius 3 is 2.76 bits per heavy atom. The minimum absolute atomic E-state index is 0.133. The monoisotopic (exact) mass is 291 g/mol.